The molecule has 0 spiro atoms. The van der Waals surface area contributed by atoms with Gasteiger partial charge in [0.2, 0.25) is 5.91 Å². The summed E-state index contributed by atoms with van der Waals surface area (Å²) in [5.74, 6) is -0.0327. The van der Waals surface area contributed by atoms with Crippen LogP contribution in [0.4, 0.5) is 0 Å². The van der Waals surface area contributed by atoms with Crippen LogP contribution in [0.2, 0.25) is 5.02 Å². The number of nitrogens with zero attached hydrogens (tertiary/aromatic N) is 2. The Balaban J connectivity index is 2.02. The van der Waals surface area contributed by atoms with Crippen molar-refractivity contribution in [3.8, 4) is 5.69 Å². The fourth-order valence-electron chi connectivity index (χ4n) is 3.00. The molecule has 1 N–H and O–H groups in total. The van der Waals surface area contributed by atoms with E-state index in [1.165, 1.54) is 11.8 Å². The van der Waals surface area contributed by atoms with Crippen LogP contribution in [0, 0.1) is 6.92 Å². The zero-order valence-corrected chi connectivity index (χ0v) is 18.0. The van der Waals surface area contributed by atoms with Crippen molar-refractivity contribution >= 4 is 40.2 Å². The molecule has 1 unspecified atom stereocenters. The number of methoxy groups -OCH3 is 1. The van der Waals surface area contributed by atoms with Gasteiger partial charge in [0.25, 0.3) is 5.56 Å². The van der Waals surface area contributed by atoms with Gasteiger partial charge in [-0.05, 0) is 43.7 Å². The Morgan fingerprint density at radius 3 is 2.79 bits per heavy atom. The number of hydrogen-bond acceptors (Lipinski definition) is 5. The van der Waals surface area contributed by atoms with Gasteiger partial charge >= 0.3 is 0 Å². The van der Waals surface area contributed by atoms with Crippen LogP contribution in [-0.2, 0) is 9.53 Å². The molecule has 1 atom stereocenters. The third-order valence-electron chi connectivity index (χ3n) is 4.31. The third-order valence-corrected chi connectivity index (χ3v) is 5.49. The lowest BCUT2D eigenvalue weighted by Crippen LogP contribution is -2.36. The topological polar surface area (TPSA) is 73.2 Å². The summed E-state index contributed by atoms with van der Waals surface area (Å²) >= 11 is 7.30. The summed E-state index contributed by atoms with van der Waals surface area (Å²) in [6.45, 7) is 4.23. The lowest BCUT2D eigenvalue weighted by atomic mass is 10.2. The molecule has 8 heteroatoms. The Morgan fingerprint density at radius 2 is 2.07 bits per heavy atom. The molecule has 1 aromatic heterocycles. The molecule has 0 saturated carbocycles. The fourth-order valence-corrected chi connectivity index (χ4v) is 3.98. The molecular formula is C21H22ClN3O3S. The van der Waals surface area contributed by atoms with Crippen molar-refractivity contribution in [1.29, 1.82) is 0 Å². The molecule has 0 radical (unpaired) electrons. The Labute approximate surface area is 178 Å². The van der Waals surface area contributed by atoms with Crippen molar-refractivity contribution < 1.29 is 9.53 Å². The molecule has 0 aliphatic carbocycles. The summed E-state index contributed by atoms with van der Waals surface area (Å²) in [7, 11) is 1.59. The lowest BCUT2D eigenvalue weighted by molar-refractivity contribution is -0.119. The van der Waals surface area contributed by atoms with Crippen LogP contribution >= 0.6 is 23.4 Å². The normalized spacial score (nSPS) is 12.1. The van der Waals surface area contributed by atoms with Crippen molar-refractivity contribution in [2.75, 3.05) is 19.5 Å². The molecule has 29 heavy (non-hydrogen) atoms. The van der Waals surface area contributed by atoms with E-state index in [1.807, 2.05) is 38.1 Å². The van der Waals surface area contributed by atoms with Gasteiger partial charge in [-0.15, -0.1) is 0 Å². The lowest BCUT2D eigenvalue weighted by Gasteiger charge is -2.16. The smallest absolute Gasteiger partial charge is 0.266 e. The van der Waals surface area contributed by atoms with E-state index < -0.39 is 0 Å². The number of carbonyl (C=O) groups excluding carboxylic acids is 1. The Morgan fingerprint density at radius 1 is 1.31 bits per heavy atom. The molecule has 152 valence electrons. The Kier molecular flexibility index (Phi) is 6.95. The second kappa shape index (κ2) is 9.43. The Hall–Kier alpha value is -2.35. The highest BCUT2D eigenvalue weighted by Crippen LogP contribution is 2.24. The minimum Gasteiger partial charge on any atom is -0.383 e. The van der Waals surface area contributed by atoms with E-state index >= 15 is 0 Å². The highest BCUT2D eigenvalue weighted by atomic mass is 35.5. The maximum absolute atomic E-state index is 13.3. The largest absolute Gasteiger partial charge is 0.383 e. The number of fused-ring (bicyclic) bond motifs is 1. The number of amides is 1. The van der Waals surface area contributed by atoms with E-state index in [9.17, 15) is 9.59 Å². The predicted molar refractivity (Wildman–Crippen MR) is 117 cm³/mol. The summed E-state index contributed by atoms with van der Waals surface area (Å²) in [6.07, 6.45) is 0. The number of nitrogens with one attached hydrogen (secondary N) is 1. The maximum atomic E-state index is 13.3. The first-order valence-electron chi connectivity index (χ1n) is 9.10. The zero-order chi connectivity index (χ0) is 21.0. The number of ether oxygens (including phenoxy) is 1. The highest BCUT2D eigenvalue weighted by Gasteiger charge is 2.17. The molecule has 0 aliphatic rings. The van der Waals surface area contributed by atoms with Crippen molar-refractivity contribution in [2.24, 2.45) is 0 Å². The summed E-state index contributed by atoms with van der Waals surface area (Å²) in [5, 5.41) is 4.27. The summed E-state index contributed by atoms with van der Waals surface area (Å²) in [5.41, 5.74) is 1.97. The number of carbonyl (C=O) groups is 1. The average Bonchev–Trinajstić information content (AvgIpc) is 2.67. The first-order valence-corrected chi connectivity index (χ1v) is 10.5. The van der Waals surface area contributed by atoms with Crippen molar-refractivity contribution in [3.05, 3.63) is 63.4 Å². The van der Waals surface area contributed by atoms with Gasteiger partial charge in [0.15, 0.2) is 5.16 Å². The molecule has 3 rings (SSSR count). The van der Waals surface area contributed by atoms with Gasteiger partial charge in [-0.25, -0.2) is 4.98 Å². The summed E-state index contributed by atoms with van der Waals surface area (Å²) in [6, 6.07) is 12.5. The second-order valence-electron chi connectivity index (χ2n) is 6.70. The minimum atomic E-state index is -0.198. The van der Waals surface area contributed by atoms with Crippen LogP contribution in [0.15, 0.2) is 52.4 Å². The van der Waals surface area contributed by atoms with Crippen molar-refractivity contribution in [3.63, 3.8) is 0 Å². The number of benzene rings is 2. The SMILES string of the molecule is COCC(C)NC(=O)CSc1nc2cc(Cl)ccc2c(=O)n1-c1ccccc1C. The molecule has 1 heterocycles. The first-order chi connectivity index (χ1) is 13.9. The van der Waals surface area contributed by atoms with Crippen LogP contribution in [0.25, 0.3) is 16.6 Å². The van der Waals surface area contributed by atoms with E-state index in [-0.39, 0.29) is 23.3 Å². The van der Waals surface area contributed by atoms with Gasteiger partial charge in [-0.1, -0.05) is 41.6 Å². The average molecular weight is 432 g/mol. The van der Waals surface area contributed by atoms with Crippen molar-refractivity contribution in [1.82, 2.24) is 14.9 Å². The molecule has 0 bridgehead atoms. The Bertz CT molecular complexity index is 1100. The first kappa shape index (κ1) is 21.4. The number of halogens is 1. The number of para-hydroxylation sites is 1. The molecule has 1 amide bonds. The molecule has 2 aromatic carbocycles. The molecule has 3 aromatic rings. The number of thioether (sulfide) groups is 1. The van der Waals surface area contributed by atoms with Gasteiger partial charge in [-0.3, -0.25) is 14.2 Å². The number of aryl methyl sites for hydroxylation is 1. The van der Waals surface area contributed by atoms with Crippen LogP contribution in [0.1, 0.15) is 12.5 Å². The maximum Gasteiger partial charge on any atom is 0.266 e. The van der Waals surface area contributed by atoms with Crippen LogP contribution in [-0.4, -0.2) is 41.0 Å². The van der Waals surface area contributed by atoms with Crippen molar-refractivity contribution in [2.45, 2.75) is 25.0 Å². The quantitative estimate of drug-likeness (QED) is 0.457. The highest BCUT2D eigenvalue weighted by molar-refractivity contribution is 7.99. The van der Waals surface area contributed by atoms with Gasteiger partial charge in [-0.2, -0.15) is 0 Å². The van der Waals surface area contributed by atoms with Gasteiger partial charge < -0.3 is 10.1 Å². The molecule has 0 fully saturated rings. The van der Waals surface area contributed by atoms with E-state index in [2.05, 4.69) is 10.3 Å². The molecule has 0 aliphatic heterocycles. The number of hydrogen-bond donors (Lipinski definition) is 1. The monoisotopic (exact) mass is 431 g/mol. The van der Waals surface area contributed by atoms with Crippen LogP contribution in [0.3, 0.4) is 0 Å². The van der Waals surface area contributed by atoms with E-state index in [0.717, 1.165) is 11.3 Å². The predicted octanol–water partition coefficient (Wildman–Crippen LogP) is 3.59. The fraction of sp³-hybridized carbons (Fsp3) is 0.286. The zero-order valence-electron chi connectivity index (χ0n) is 16.4. The van der Waals surface area contributed by atoms with E-state index in [0.29, 0.717) is 27.7 Å². The van der Waals surface area contributed by atoms with Crippen LogP contribution < -0.4 is 10.9 Å². The molecule has 0 saturated heterocycles. The van der Waals surface area contributed by atoms with E-state index in [4.69, 9.17) is 16.3 Å². The molecular weight excluding hydrogens is 410 g/mol. The van der Waals surface area contributed by atoms with Gasteiger partial charge in [0, 0.05) is 18.2 Å². The summed E-state index contributed by atoms with van der Waals surface area (Å²) < 4.78 is 6.60. The third kappa shape index (κ3) is 4.98. The van der Waals surface area contributed by atoms with Gasteiger partial charge in [0.1, 0.15) is 0 Å². The van der Waals surface area contributed by atoms with Gasteiger partial charge in [0.05, 0.1) is 29.0 Å². The number of rotatable bonds is 7. The second-order valence-corrected chi connectivity index (χ2v) is 8.07. The number of aromatic nitrogens is 2. The van der Waals surface area contributed by atoms with E-state index in [1.54, 1.807) is 29.9 Å². The minimum absolute atomic E-state index is 0.102. The standard InChI is InChI=1S/C21H22ClN3O3S/c1-13-6-4-5-7-18(13)25-20(27)16-9-8-15(22)10-17(16)24-21(25)29-12-19(26)23-14(2)11-28-3/h4-10,14H,11-12H2,1-3H3,(H,23,26). The summed E-state index contributed by atoms with van der Waals surface area (Å²) in [4.78, 5) is 30.2. The van der Waals surface area contributed by atoms with Crippen LogP contribution in [0.5, 0.6) is 0 Å². The molecule has 6 nitrogen and oxygen atoms in total.